The highest BCUT2D eigenvalue weighted by molar-refractivity contribution is 5.26. The summed E-state index contributed by atoms with van der Waals surface area (Å²) in [5.41, 5.74) is 3.12. The van der Waals surface area contributed by atoms with E-state index in [-0.39, 0.29) is 0 Å². The normalized spacial score (nSPS) is 24.0. The first kappa shape index (κ1) is 20.3. The minimum absolute atomic E-state index is 0.798. The molecule has 0 radical (unpaired) electrons. The number of benzene rings is 1. The van der Waals surface area contributed by atoms with Crippen LogP contribution in [-0.2, 0) is 6.42 Å². The maximum Gasteiger partial charge on any atom is -0.0134 e. The van der Waals surface area contributed by atoms with Crippen molar-refractivity contribution in [2.45, 2.75) is 98.3 Å². The van der Waals surface area contributed by atoms with Crippen LogP contribution in [0.25, 0.3) is 0 Å². The lowest BCUT2D eigenvalue weighted by Crippen LogP contribution is -2.19. The molecule has 0 nitrogen and oxygen atoms in total. The van der Waals surface area contributed by atoms with Crippen molar-refractivity contribution in [2.24, 2.45) is 11.8 Å². The number of rotatable bonds is 7. The molecule has 1 saturated carbocycles. The van der Waals surface area contributed by atoms with Gasteiger partial charge >= 0.3 is 0 Å². The fourth-order valence-electron chi connectivity index (χ4n) is 3.86. The molecule has 3 atom stereocenters. The van der Waals surface area contributed by atoms with Crippen LogP contribution in [0, 0.1) is 11.8 Å². The van der Waals surface area contributed by atoms with Gasteiger partial charge in [-0.15, -0.1) is 0 Å². The highest BCUT2D eigenvalue weighted by atomic mass is 14.3. The highest BCUT2D eigenvalue weighted by Gasteiger charge is 2.26. The Bertz CT molecular complexity index is 389. The van der Waals surface area contributed by atoms with Crippen molar-refractivity contribution in [2.75, 3.05) is 0 Å². The lowest BCUT2D eigenvalue weighted by atomic mass is 9.72. The van der Waals surface area contributed by atoms with Gasteiger partial charge in [-0.3, -0.25) is 0 Å². The van der Waals surface area contributed by atoms with Crippen molar-refractivity contribution in [3.63, 3.8) is 0 Å². The first-order chi connectivity index (χ1) is 11.2. The summed E-state index contributed by atoms with van der Waals surface area (Å²) < 4.78 is 0. The van der Waals surface area contributed by atoms with E-state index in [2.05, 4.69) is 45.0 Å². The molecule has 0 heteroatoms. The maximum atomic E-state index is 2.44. The Morgan fingerprint density at radius 3 is 2.17 bits per heavy atom. The van der Waals surface area contributed by atoms with E-state index < -0.39 is 0 Å². The van der Waals surface area contributed by atoms with Gasteiger partial charge in [0.2, 0.25) is 0 Å². The van der Waals surface area contributed by atoms with Crippen LogP contribution in [0.5, 0.6) is 0 Å². The van der Waals surface area contributed by atoms with Crippen LogP contribution in [0.1, 0.15) is 103 Å². The van der Waals surface area contributed by atoms with Gasteiger partial charge < -0.3 is 0 Å². The smallest absolute Gasteiger partial charge is 0.0134 e. The largest absolute Gasteiger partial charge is 0.0683 e. The molecule has 0 amide bonds. The zero-order chi connectivity index (χ0) is 17.1. The predicted octanol–water partition coefficient (Wildman–Crippen LogP) is 7.77. The van der Waals surface area contributed by atoms with Crippen molar-refractivity contribution >= 4 is 0 Å². The van der Waals surface area contributed by atoms with Gasteiger partial charge in [0, 0.05) is 0 Å². The van der Waals surface area contributed by atoms with Gasteiger partial charge in [-0.1, -0.05) is 91.0 Å². The summed E-state index contributed by atoms with van der Waals surface area (Å²) in [6.07, 6.45) is 12.4. The molecule has 0 spiro atoms. The van der Waals surface area contributed by atoms with E-state index in [9.17, 15) is 0 Å². The van der Waals surface area contributed by atoms with Crippen LogP contribution >= 0.6 is 0 Å². The molecule has 0 bridgehead atoms. The Balaban J connectivity index is 0.00000127. The molecule has 1 aromatic carbocycles. The number of unbranched alkanes of at least 4 members (excludes halogenated alkanes) is 4. The third-order valence-corrected chi connectivity index (χ3v) is 5.43. The molecule has 0 N–H and O–H groups in total. The topological polar surface area (TPSA) is 0 Å². The Morgan fingerprint density at radius 2 is 1.52 bits per heavy atom. The summed E-state index contributed by atoms with van der Waals surface area (Å²) in [5, 5.41) is 0. The Morgan fingerprint density at radius 1 is 0.870 bits per heavy atom. The molecule has 1 fully saturated rings. The number of hydrogen-bond donors (Lipinski definition) is 0. The number of hydrogen-bond acceptors (Lipinski definition) is 0. The number of aryl methyl sites for hydroxylation is 1. The van der Waals surface area contributed by atoms with E-state index in [1.807, 2.05) is 13.8 Å². The minimum atomic E-state index is 0.798. The van der Waals surface area contributed by atoms with Crippen molar-refractivity contribution < 1.29 is 0 Å². The van der Waals surface area contributed by atoms with Crippen LogP contribution in [0.2, 0.25) is 0 Å². The fourth-order valence-corrected chi connectivity index (χ4v) is 3.86. The standard InChI is InChI=1S/C21H34.C2H6/c1-4-5-6-7-8-9-19-12-14-20(15-13-19)21-16-17(2)10-11-18(21)3;1-2/h12-15,17-18,21H,4-11,16H2,1-3H3;1-2H3. The van der Waals surface area contributed by atoms with Gasteiger partial charge in [-0.2, -0.15) is 0 Å². The van der Waals surface area contributed by atoms with Crippen LogP contribution in [0.15, 0.2) is 24.3 Å². The molecule has 0 saturated heterocycles. The molecule has 0 heterocycles. The second kappa shape index (κ2) is 11.7. The summed E-state index contributed by atoms with van der Waals surface area (Å²) in [6, 6.07) is 9.61. The molecule has 132 valence electrons. The minimum Gasteiger partial charge on any atom is -0.0683 e. The van der Waals surface area contributed by atoms with Gasteiger partial charge in [-0.25, -0.2) is 0 Å². The van der Waals surface area contributed by atoms with Gasteiger partial charge in [0.1, 0.15) is 0 Å². The molecule has 1 aromatic rings. The Kier molecular flexibility index (Phi) is 10.3. The third kappa shape index (κ3) is 7.10. The van der Waals surface area contributed by atoms with Gasteiger partial charge in [0.15, 0.2) is 0 Å². The maximum absolute atomic E-state index is 2.44. The fraction of sp³-hybridized carbons (Fsp3) is 0.739. The zero-order valence-electron chi connectivity index (χ0n) is 16.4. The van der Waals surface area contributed by atoms with Crippen LogP contribution in [0.4, 0.5) is 0 Å². The molecule has 1 aliphatic carbocycles. The summed E-state index contributed by atoms with van der Waals surface area (Å²) in [6.45, 7) is 11.1. The SMILES string of the molecule is CC.CCCCCCCc1ccc(C2CC(C)CCC2C)cc1. The average Bonchev–Trinajstić information content (AvgIpc) is 2.59. The quantitative estimate of drug-likeness (QED) is 0.451. The Hall–Kier alpha value is -0.780. The lowest BCUT2D eigenvalue weighted by Gasteiger charge is -2.33. The van der Waals surface area contributed by atoms with E-state index in [0.29, 0.717) is 0 Å². The molecule has 2 rings (SSSR count). The Labute approximate surface area is 146 Å². The van der Waals surface area contributed by atoms with E-state index in [0.717, 1.165) is 17.8 Å². The summed E-state index contributed by atoms with van der Waals surface area (Å²) in [4.78, 5) is 0. The third-order valence-electron chi connectivity index (χ3n) is 5.43. The molecular formula is C23H40. The van der Waals surface area contributed by atoms with E-state index >= 15 is 0 Å². The summed E-state index contributed by atoms with van der Waals surface area (Å²) in [7, 11) is 0. The molecule has 1 aliphatic rings. The van der Waals surface area contributed by atoms with Crippen molar-refractivity contribution in [3.8, 4) is 0 Å². The predicted molar refractivity (Wildman–Crippen MR) is 105 cm³/mol. The van der Waals surface area contributed by atoms with Crippen molar-refractivity contribution in [1.29, 1.82) is 0 Å². The highest BCUT2D eigenvalue weighted by Crippen LogP contribution is 2.40. The first-order valence-electron chi connectivity index (χ1n) is 10.3. The van der Waals surface area contributed by atoms with E-state index in [4.69, 9.17) is 0 Å². The van der Waals surface area contributed by atoms with Gasteiger partial charge in [0.05, 0.1) is 0 Å². The lowest BCUT2D eigenvalue weighted by molar-refractivity contribution is 0.264. The molecular weight excluding hydrogens is 276 g/mol. The second-order valence-electron chi connectivity index (χ2n) is 7.41. The second-order valence-corrected chi connectivity index (χ2v) is 7.41. The molecule has 23 heavy (non-hydrogen) atoms. The summed E-state index contributed by atoms with van der Waals surface area (Å²) in [5.74, 6) is 2.57. The van der Waals surface area contributed by atoms with Crippen LogP contribution < -0.4 is 0 Å². The monoisotopic (exact) mass is 316 g/mol. The van der Waals surface area contributed by atoms with Crippen molar-refractivity contribution in [1.82, 2.24) is 0 Å². The van der Waals surface area contributed by atoms with Gasteiger partial charge in [0.25, 0.3) is 0 Å². The molecule has 3 unspecified atom stereocenters. The van der Waals surface area contributed by atoms with Crippen LogP contribution in [-0.4, -0.2) is 0 Å². The molecule has 0 aliphatic heterocycles. The van der Waals surface area contributed by atoms with Crippen molar-refractivity contribution in [3.05, 3.63) is 35.4 Å². The first-order valence-corrected chi connectivity index (χ1v) is 10.3. The summed E-state index contributed by atoms with van der Waals surface area (Å²) >= 11 is 0. The van der Waals surface area contributed by atoms with E-state index in [1.54, 1.807) is 5.56 Å². The van der Waals surface area contributed by atoms with Crippen LogP contribution in [0.3, 0.4) is 0 Å². The zero-order valence-corrected chi connectivity index (χ0v) is 16.4. The average molecular weight is 317 g/mol. The van der Waals surface area contributed by atoms with Gasteiger partial charge in [-0.05, 0) is 54.6 Å². The molecule has 0 aromatic heterocycles. The van der Waals surface area contributed by atoms with E-state index in [1.165, 1.54) is 63.4 Å².